The number of aromatic nitrogens is 2. The highest BCUT2D eigenvalue weighted by atomic mass is 79.9. The Kier molecular flexibility index (Phi) is 4.75. The Bertz CT molecular complexity index is 1030. The highest BCUT2D eigenvalue weighted by Crippen LogP contribution is 2.28. The van der Waals surface area contributed by atoms with E-state index < -0.39 is 0 Å². The standard InChI is InChI=1S/C22H24BrN5/c1-14-11-20(26-25-14)24-21-19-12-17(23)8-5-15(19)13-28(27-21)18-9-6-16(7-10-18)22(2,3)4/h5-12H,13H2,1-4H3,(H2,24,25,26,27). The van der Waals surface area contributed by atoms with Crippen LogP contribution in [0.3, 0.4) is 0 Å². The van der Waals surface area contributed by atoms with Crippen molar-refractivity contribution in [3.05, 3.63) is 75.4 Å². The highest BCUT2D eigenvalue weighted by Gasteiger charge is 2.23. The molecule has 1 aromatic heterocycles. The average Bonchev–Trinajstić information content (AvgIpc) is 3.06. The minimum Gasteiger partial charge on any atom is -0.282 e. The van der Waals surface area contributed by atoms with Crippen LogP contribution < -0.4 is 10.4 Å². The second-order valence-corrected chi connectivity index (χ2v) is 9.08. The van der Waals surface area contributed by atoms with Crippen molar-refractivity contribution in [2.75, 3.05) is 5.01 Å². The van der Waals surface area contributed by atoms with Gasteiger partial charge in [-0.05, 0) is 47.7 Å². The van der Waals surface area contributed by atoms with Gasteiger partial charge in [-0.1, -0.05) is 54.9 Å². The van der Waals surface area contributed by atoms with Gasteiger partial charge >= 0.3 is 0 Å². The molecule has 0 spiro atoms. The molecule has 2 heterocycles. The largest absolute Gasteiger partial charge is 0.282 e. The van der Waals surface area contributed by atoms with Gasteiger partial charge in [-0.15, -0.1) is 0 Å². The first-order valence-corrected chi connectivity index (χ1v) is 10.1. The van der Waals surface area contributed by atoms with Crippen LogP contribution in [0.5, 0.6) is 0 Å². The monoisotopic (exact) mass is 437 g/mol. The predicted octanol–water partition coefficient (Wildman–Crippen LogP) is 5.38. The molecule has 28 heavy (non-hydrogen) atoms. The van der Waals surface area contributed by atoms with E-state index in [-0.39, 0.29) is 5.41 Å². The van der Waals surface area contributed by atoms with E-state index in [9.17, 15) is 0 Å². The lowest BCUT2D eigenvalue weighted by Gasteiger charge is -2.33. The molecular formula is C22H24BrN5. The molecule has 1 aliphatic heterocycles. The summed E-state index contributed by atoms with van der Waals surface area (Å²) in [7, 11) is 0. The van der Waals surface area contributed by atoms with Crippen molar-refractivity contribution in [2.24, 2.45) is 4.99 Å². The zero-order valence-corrected chi connectivity index (χ0v) is 18.1. The van der Waals surface area contributed by atoms with E-state index >= 15 is 0 Å². The number of hydrogen-bond acceptors (Lipinski definition) is 3. The molecule has 144 valence electrons. The Balaban J connectivity index is 1.72. The molecule has 3 aromatic rings. The van der Waals surface area contributed by atoms with Crippen LogP contribution in [0.15, 0.2) is 58.0 Å². The first-order chi connectivity index (χ1) is 13.3. The Morgan fingerprint density at radius 3 is 2.46 bits per heavy atom. The maximum Gasteiger partial charge on any atom is 0.176 e. The molecule has 0 saturated heterocycles. The summed E-state index contributed by atoms with van der Waals surface area (Å²) in [6, 6.07) is 17.0. The number of H-pyrrole nitrogens is 1. The Labute approximate surface area is 174 Å². The van der Waals surface area contributed by atoms with Crippen molar-refractivity contribution < 1.29 is 0 Å². The van der Waals surface area contributed by atoms with Crippen LogP contribution in [-0.4, -0.2) is 16.0 Å². The van der Waals surface area contributed by atoms with Crippen molar-refractivity contribution >= 4 is 33.3 Å². The van der Waals surface area contributed by atoms with Crippen LogP contribution >= 0.6 is 15.9 Å². The van der Waals surface area contributed by atoms with Crippen molar-refractivity contribution in [1.29, 1.82) is 0 Å². The molecule has 0 unspecified atom stereocenters. The van der Waals surface area contributed by atoms with E-state index in [0.29, 0.717) is 5.82 Å². The molecule has 4 rings (SSSR count). The summed E-state index contributed by atoms with van der Waals surface area (Å²) in [4.78, 5) is 4.75. The molecule has 0 amide bonds. The van der Waals surface area contributed by atoms with Gasteiger partial charge in [-0.3, -0.25) is 15.5 Å². The number of fused-ring (bicyclic) bond motifs is 1. The van der Waals surface area contributed by atoms with Gasteiger partial charge < -0.3 is 0 Å². The van der Waals surface area contributed by atoms with Crippen molar-refractivity contribution in [1.82, 2.24) is 15.6 Å². The van der Waals surface area contributed by atoms with E-state index in [1.165, 1.54) is 11.1 Å². The van der Waals surface area contributed by atoms with E-state index in [1.54, 1.807) is 0 Å². The molecule has 2 N–H and O–H groups in total. The summed E-state index contributed by atoms with van der Waals surface area (Å²) in [5.41, 5.74) is 9.32. The summed E-state index contributed by atoms with van der Waals surface area (Å²) in [6.45, 7) is 9.42. The van der Waals surface area contributed by atoms with Crippen LogP contribution in [-0.2, 0) is 12.0 Å². The minimum absolute atomic E-state index is 0.136. The number of nitrogens with one attached hydrogen (secondary N) is 2. The van der Waals surface area contributed by atoms with Gasteiger partial charge in [0.2, 0.25) is 0 Å². The number of anilines is 1. The number of halogens is 1. The third-order valence-electron chi connectivity index (χ3n) is 4.86. The SMILES string of the molecule is Cc1cc(N=C2NN(c3ccc(C(C)(C)C)cc3)Cc3ccc(Br)cc32)n[nH]1. The van der Waals surface area contributed by atoms with Gasteiger partial charge in [0.25, 0.3) is 0 Å². The number of aliphatic imine (C=N–C) groups is 1. The molecule has 0 atom stereocenters. The smallest absolute Gasteiger partial charge is 0.176 e. The third kappa shape index (κ3) is 3.83. The second kappa shape index (κ2) is 7.09. The van der Waals surface area contributed by atoms with E-state index in [2.05, 4.69) is 99.8 Å². The number of hydrazine groups is 1. The van der Waals surface area contributed by atoms with E-state index in [0.717, 1.165) is 33.8 Å². The summed E-state index contributed by atoms with van der Waals surface area (Å²) in [5.74, 6) is 1.45. The number of hydrogen-bond donors (Lipinski definition) is 2. The van der Waals surface area contributed by atoms with Crippen LogP contribution in [0, 0.1) is 6.92 Å². The molecule has 0 fully saturated rings. The summed E-state index contributed by atoms with van der Waals surface area (Å²) in [5, 5.41) is 9.33. The molecule has 0 aliphatic carbocycles. The zero-order valence-electron chi connectivity index (χ0n) is 16.5. The second-order valence-electron chi connectivity index (χ2n) is 8.17. The normalized spacial score (nSPS) is 15.5. The van der Waals surface area contributed by atoms with Gasteiger partial charge in [0.15, 0.2) is 11.7 Å². The molecule has 1 aliphatic rings. The quantitative estimate of drug-likeness (QED) is 0.565. The summed E-state index contributed by atoms with van der Waals surface area (Å²) < 4.78 is 1.03. The van der Waals surface area contributed by atoms with Gasteiger partial charge in [0.1, 0.15) is 0 Å². The van der Waals surface area contributed by atoms with Gasteiger partial charge in [0, 0.05) is 21.8 Å². The average molecular weight is 438 g/mol. The predicted molar refractivity (Wildman–Crippen MR) is 118 cm³/mol. The topological polar surface area (TPSA) is 56.3 Å². The van der Waals surface area contributed by atoms with Gasteiger partial charge in [-0.25, -0.2) is 4.99 Å². The molecule has 0 radical (unpaired) electrons. The fraction of sp³-hybridized carbons (Fsp3) is 0.273. The lowest BCUT2D eigenvalue weighted by Crippen LogP contribution is -2.46. The number of benzene rings is 2. The lowest BCUT2D eigenvalue weighted by molar-refractivity contribution is 0.590. The molecule has 0 bridgehead atoms. The maximum atomic E-state index is 4.75. The minimum atomic E-state index is 0.136. The number of aryl methyl sites for hydroxylation is 1. The van der Waals surface area contributed by atoms with Gasteiger partial charge in [-0.2, -0.15) is 5.10 Å². The maximum absolute atomic E-state index is 4.75. The Hall–Kier alpha value is -2.60. The first kappa shape index (κ1) is 18.7. The molecule has 6 heteroatoms. The van der Waals surface area contributed by atoms with Crippen LogP contribution in [0.2, 0.25) is 0 Å². The number of aromatic amines is 1. The lowest BCUT2D eigenvalue weighted by atomic mass is 9.87. The zero-order chi connectivity index (χ0) is 19.9. The van der Waals surface area contributed by atoms with Crippen molar-refractivity contribution in [2.45, 2.75) is 39.7 Å². The van der Waals surface area contributed by atoms with Crippen LogP contribution in [0.1, 0.15) is 43.2 Å². The molecular weight excluding hydrogens is 414 g/mol. The molecule has 0 saturated carbocycles. The van der Waals surface area contributed by atoms with Gasteiger partial charge in [0.05, 0.1) is 12.2 Å². The van der Waals surface area contributed by atoms with E-state index in [4.69, 9.17) is 4.99 Å². The Morgan fingerprint density at radius 2 is 1.82 bits per heavy atom. The fourth-order valence-electron chi connectivity index (χ4n) is 3.26. The summed E-state index contributed by atoms with van der Waals surface area (Å²) in [6.07, 6.45) is 0. The van der Waals surface area contributed by atoms with Crippen LogP contribution in [0.4, 0.5) is 11.5 Å². The van der Waals surface area contributed by atoms with E-state index in [1.807, 2.05) is 13.0 Å². The van der Waals surface area contributed by atoms with Crippen LogP contribution in [0.25, 0.3) is 0 Å². The fourth-order valence-corrected chi connectivity index (χ4v) is 3.62. The molecule has 5 nitrogen and oxygen atoms in total. The number of rotatable bonds is 2. The third-order valence-corrected chi connectivity index (χ3v) is 5.35. The first-order valence-electron chi connectivity index (χ1n) is 9.34. The number of amidine groups is 1. The van der Waals surface area contributed by atoms with Crippen molar-refractivity contribution in [3.8, 4) is 0 Å². The number of nitrogens with zero attached hydrogens (tertiary/aromatic N) is 3. The highest BCUT2D eigenvalue weighted by molar-refractivity contribution is 9.10. The summed E-state index contributed by atoms with van der Waals surface area (Å²) >= 11 is 3.58. The van der Waals surface area contributed by atoms with Crippen molar-refractivity contribution in [3.63, 3.8) is 0 Å². The Morgan fingerprint density at radius 1 is 1.07 bits per heavy atom. The molecule has 2 aromatic carbocycles.